The minimum Gasteiger partial charge on any atom is -0.353 e. The number of rotatable bonds is 5. The van der Waals surface area contributed by atoms with Gasteiger partial charge in [0.25, 0.3) is 0 Å². The molecule has 3 nitrogen and oxygen atoms in total. The van der Waals surface area contributed by atoms with Crippen LogP contribution < -0.4 is 11.5 Å². The van der Waals surface area contributed by atoms with Gasteiger partial charge < -0.3 is 11.5 Å². The van der Waals surface area contributed by atoms with Gasteiger partial charge in [-0.2, -0.15) is 0 Å². The molecular formula is C8H18N2O. The largest absolute Gasteiger partial charge is 0.353 e. The molecule has 0 rings (SSSR count). The fourth-order valence-electron chi connectivity index (χ4n) is 0.659. The molecule has 0 aromatic heterocycles. The molecule has 0 saturated heterocycles. The van der Waals surface area contributed by atoms with Crippen LogP contribution in [0.1, 0.15) is 26.2 Å². The van der Waals surface area contributed by atoms with Gasteiger partial charge in [0.05, 0.1) is 0 Å². The highest BCUT2D eigenvalue weighted by atomic mass is 16.1. The second-order valence-electron chi connectivity index (χ2n) is 2.20. The zero-order valence-corrected chi connectivity index (χ0v) is 7.23. The van der Waals surface area contributed by atoms with E-state index in [1.165, 1.54) is 18.9 Å². The van der Waals surface area contributed by atoms with E-state index in [0.717, 1.165) is 13.0 Å². The maximum absolute atomic E-state index is 10.5. The molecule has 4 N–H and O–H groups in total. The third kappa shape index (κ3) is 9.17. The van der Waals surface area contributed by atoms with E-state index >= 15 is 0 Å². The minimum atomic E-state index is -0.0731. The van der Waals surface area contributed by atoms with E-state index < -0.39 is 0 Å². The van der Waals surface area contributed by atoms with E-state index in [0.29, 0.717) is 0 Å². The Labute approximate surface area is 68.5 Å². The van der Waals surface area contributed by atoms with Crippen molar-refractivity contribution in [1.29, 1.82) is 0 Å². The van der Waals surface area contributed by atoms with E-state index in [2.05, 4.69) is 18.8 Å². The topological polar surface area (TPSA) is 64.1 Å². The minimum absolute atomic E-state index is 0. The SMILES string of the molecule is C=CC(=O)NCCCCC.N. The van der Waals surface area contributed by atoms with Gasteiger partial charge in [-0.25, -0.2) is 0 Å². The van der Waals surface area contributed by atoms with Crippen LogP contribution in [-0.4, -0.2) is 12.5 Å². The van der Waals surface area contributed by atoms with Crippen molar-refractivity contribution in [2.45, 2.75) is 26.2 Å². The fraction of sp³-hybridized carbons (Fsp3) is 0.625. The summed E-state index contributed by atoms with van der Waals surface area (Å²) in [6.07, 6.45) is 4.73. The summed E-state index contributed by atoms with van der Waals surface area (Å²) in [5.41, 5.74) is 0. The molecule has 0 aliphatic carbocycles. The lowest BCUT2D eigenvalue weighted by atomic mass is 10.2. The first-order valence-corrected chi connectivity index (χ1v) is 3.71. The van der Waals surface area contributed by atoms with Crippen molar-refractivity contribution in [1.82, 2.24) is 11.5 Å². The molecule has 66 valence electrons. The molecule has 0 unspecified atom stereocenters. The second-order valence-corrected chi connectivity index (χ2v) is 2.20. The van der Waals surface area contributed by atoms with Crippen molar-refractivity contribution in [3.63, 3.8) is 0 Å². The van der Waals surface area contributed by atoms with Gasteiger partial charge in [-0.15, -0.1) is 0 Å². The van der Waals surface area contributed by atoms with Crippen LogP contribution >= 0.6 is 0 Å². The van der Waals surface area contributed by atoms with Crippen LogP contribution in [0, 0.1) is 0 Å². The van der Waals surface area contributed by atoms with E-state index in [-0.39, 0.29) is 12.1 Å². The Bertz CT molecular complexity index is 113. The highest BCUT2D eigenvalue weighted by Gasteiger charge is 1.90. The summed E-state index contributed by atoms with van der Waals surface area (Å²) >= 11 is 0. The highest BCUT2D eigenvalue weighted by Crippen LogP contribution is 1.90. The monoisotopic (exact) mass is 158 g/mol. The summed E-state index contributed by atoms with van der Waals surface area (Å²) in [6.45, 7) is 6.26. The normalized spacial score (nSPS) is 8.09. The summed E-state index contributed by atoms with van der Waals surface area (Å²) in [4.78, 5) is 10.5. The molecule has 0 aromatic rings. The first-order chi connectivity index (χ1) is 4.81. The summed E-state index contributed by atoms with van der Waals surface area (Å²) in [5.74, 6) is -0.0731. The van der Waals surface area contributed by atoms with E-state index in [4.69, 9.17) is 0 Å². The molecule has 0 aromatic carbocycles. The predicted octanol–water partition coefficient (Wildman–Crippen LogP) is 1.64. The number of hydrogen-bond donors (Lipinski definition) is 2. The summed E-state index contributed by atoms with van der Waals surface area (Å²) in [5, 5.41) is 2.71. The fourth-order valence-corrected chi connectivity index (χ4v) is 0.659. The van der Waals surface area contributed by atoms with Crippen LogP contribution in [0.25, 0.3) is 0 Å². The van der Waals surface area contributed by atoms with Crippen molar-refractivity contribution < 1.29 is 4.79 Å². The number of carbonyl (C=O) groups is 1. The van der Waals surface area contributed by atoms with Crippen molar-refractivity contribution >= 4 is 5.91 Å². The zero-order chi connectivity index (χ0) is 7.82. The van der Waals surface area contributed by atoms with Gasteiger partial charge >= 0.3 is 0 Å². The molecule has 1 amide bonds. The smallest absolute Gasteiger partial charge is 0.243 e. The Balaban J connectivity index is 0. The molecule has 0 atom stereocenters. The van der Waals surface area contributed by atoms with Gasteiger partial charge in [0.2, 0.25) is 5.91 Å². The van der Waals surface area contributed by atoms with Crippen LogP contribution in [-0.2, 0) is 4.79 Å². The van der Waals surface area contributed by atoms with E-state index in [1.54, 1.807) is 0 Å². The molecule has 0 aliphatic rings. The molecular weight excluding hydrogens is 140 g/mol. The second kappa shape index (κ2) is 9.17. The molecule has 0 fully saturated rings. The third-order valence-corrected chi connectivity index (χ3v) is 1.26. The maximum atomic E-state index is 10.5. The quantitative estimate of drug-likeness (QED) is 0.472. The first kappa shape index (κ1) is 12.8. The van der Waals surface area contributed by atoms with Crippen molar-refractivity contribution in [3.05, 3.63) is 12.7 Å². The van der Waals surface area contributed by atoms with Gasteiger partial charge in [-0.05, 0) is 12.5 Å². The van der Waals surface area contributed by atoms with Crippen molar-refractivity contribution in [2.75, 3.05) is 6.54 Å². The third-order valence-electron chi connectivity index (χ3n) is 1.26. The Hall–Kier alpha value is -0.830. The van der Waals surface area contributed by atoms with Crippen LogP contribution in [0.15, 0.2) is 12.7 Å². The molecule has 0 radical (unpaired) electrons. The van der Waals surface area contributed by atoms with Crippen molar-refractivity contribution in [3.8, 4) is 0 Å². The highest BCUT2D eigenvalue weighted by molar-refractivity contribution is 5.86. The number of nitrogens with one attached hydrogen (secondary N) is 1. The van der Waals surface area contributed by atoms with Gasteiger partial charge in [-0.3, -0.25) is 4.79 Å². The lowest BCUT2D eigenvalue weighted by Crippen LogP contribution is -2.21. The average Bonchev–Trinajstić information content (AvgIpc) is 1.98. The molecule has 0 heterocycles. The first-order valence-electron chi connectivity index (χ1n) is 3.71. The molecule has 0 aliphatic heterocycles. The Morgan fingerprint density at radius 2 is 2.18 bits per heavy atom. The van der Waals surface area contributed by atoms with Gasteiger partial charge in [0, 0.05) is 6.54 Å². The Morgan fingerprint density at radius 3 is 2.64 bits per heavy atom. The molecule has 0 bridgehead atoms. The average molecular weight is 158 g/mol. The van der Waals surface area contributed by atoms with Gasteiger partial charge in [0.15, 0.2) is 0 Å². The number of hydrogen-bond acceptors (Lipinski definition) is 2. The lowest BCUT2D eigenvalue weighted by molar-refractivity contribution is -0.116. The van der Waals surface area contributed by atoms with Crippen molar-refractivity contribution in [2.24, 2.45) is 0 Å². The Morgan fingerprint density at radius 1 is 1.55 bits per heavy atom. The predicted molar refractivity (Wildman–Crippen MR) is 47.8 cm³/mol. The molecule has 3 heteroatoms. The van der Waals surface area contributed by atoms with E-state index in [9.17, 15) is 4.79 Å². The summed E-state index contributed by atoms with van der Waals surface area (Å²) in [6, 6.07) is 0. The van der Waals surface area contributed by atoms with Crippen LogP contribution in [0.5, 0.6) is 0 Å². The lowest BCUT2D eigenvalue weighted by Gasteiger charge is -1.98. The summed E-state index contributed by atoms with van der Waals surface area (Å²) in [7, 11) is 0. The maximum Gasteiger partial charge on any atom is 0.243 e. The molecule has 0 spiro atoms. The Kier molecular flexibility index (Phi) is 10.7. The van der Waals surface area contributed by atoms with Gasteiger partial charge in [-0.1, -0.05) is 26.3 Å². The van der Waals surface area contributed by atoms with Gasteiger partial charge in [0.1, 0.15) is 0 Å². The van der Waals surface area contributed by atoms with Crippen LogP contribution in [0.2, 0.25) is 0 Å². The summed E-state index contributed by atoms with van der Waals surface area (Å²) < 4.78 is 0. The molecule has 0 saturated carbocycles. The number of amides is 1. The van der Waals surface area contributed by atoms with E-state index in [1.807, 2.05) is 0 Å². The molecule has 11 heavy (non-hydrogen) atoms. The number of carbonyl (C=O) groups excluding carboxylic acids is 1. The standard InChI is InChI=1S/C8H15NO.H3N/c1-3-5-6-7-9-8(10)4-2;/h4H,2-3,5-7H2,1H3,(H,9,10);1H3. The van der Waals surface area contributed by atoms with Crippen LogP contribution in [0.4, 0.5) is 0 Å². The zero-order valence-electron chi connectivity index (χ0n) is 7.23. The van der Waals surface area contributed by atoms with Crippen LogP contribution in [0.3, 0.4) is 0 Å². The number of unbranched alkanes of at least 4 members (excludes halogenated alkanes) is 2.